The molecule has 0 bridgehead atoms. The Hall–Kier alpha value is -3.39. The Morgan fingerprint density at radius 2 is 1.78 bits per heavy atom. The molecule has 0 aliphatic carbocycles. The van der Waals surface area contributed by atoms with Crippen molar-refractivity contribution in [2.75, 3.05) is 61.5 Å². The van der Waals surface area contributed by atoms with Crippen molar-refractivity contribution in [1.82, 2.24) is 24.7 Å². The SMILES string of the molecule is Nc1ncc(-c2nc(N3CCOCC3)nc3c2CCN3c2ccc(S(=O)(=O)NCCCO)cc2)cn1. The van der Waals surface area contributed by atoms with E-state index >= 15 is 0 Å². The van der Waals surface area contributed by atoms with Gasteiger partial charge in [-0.1, -0.05) is 0 Å². The fourth-order valence-electron chi connectivity index (χ4n) is 4.27. The van der Waals surface area contributed by atoms with E-state index in [-0.39, 0.29) is 24.0 Å². The molecule has 4 N–H and O–H groups in total. The smallest absolute Gasteiger partial charge is 0.240 e. The fourth-order valence-corrected chi connectivity index (χ4v) is 5.35. The molecule has 0 radical (unpaired) electrons. The molecular formula is C23H28N8O4S. The van der Waals surface area contributed by atoms with Gasteiger partial charge in [-0.25, -0.2) is 28.1 Å². The summed E-state index contributed by atoms with van der Waals surface area (Å²) in [7, 11) is -3.65. The van der Waals surface area contributed by atoms with Crippen LogP contribution in [0.1, 0.15) is 12.0 Å². The highest BCUT2D eigenvalue weighted by Gasteiger charge is 2.29. The first-order valence-electron chi connectivity index (χ1n) is 11.8. The average Bonchev–Trinajstić information content (AvgIpc) is 3.33. The van der Waals surface area contributed by atoms with Gasteiger partial charge in [0, 0.05) is 62.0 Å². The second-order valence-corrected chi connectivity index (χ2v) is 10.2. The third-order valence-electron chi connectivity index (χ3n) is 6.14. The molecule has 0 unspecified atom stereocenters. The number of aliphatic hydroxyl groups excluding tert-OH is 1. The van der Waals surface area contributed by atoms with E-state index in [1.54, 1.807) is 36.7 Å². The highest BCUT2D eigenvalue weighted by Crippen LogP contribution is 2.39. The van der Waals surface area contributed by atoms with Crippen molar-refractivity contribution < 1.29 is 18.3 Å². The first-order valence-corrected chi connectivity index (χ1v) is 13.2. The summed E-state index contributed by atoms with van der Waals surface area (Å²) in [5.41, 5.74) is 9.02. The maximum Gasteiger partial charge on any atom is 0.240 e. The summed E-state index contributed by atoms with van der Waals surface area (Å²) < 4.78 is 33.0. The molecule has 2 aromatic heterocycles. The van der Waals surface area contributed by atoms with Gasteiger partial charge < -0.3 is 25.4 Å². The molecule has 1 aromatic carbocycles. The molecule has 0 atom stereocenters. The number of benzene rings is 1. The fraction of sp³-hybridized carbons (Fsp3) is 0.391. The molecule has 4 heterocycles. The van der Waals surface area contributed by atoms with Crippen LogP contribution >= 0.6 is 0 Å². The van der Waals surface area contributed by atoms with Crippen molar-refractivity contribution in [3.63, 3.8) is 0 Å². The second-order valence-electron chi connectivity index (χ2n) is 8.47. The van der Waals surface area contributed by atoms with Gasteiger partial charge in [-0.05, 0) is 37.1 Å². The molecule has 5 rings (SSSR count). The Kier molecular flexibility index (Phi) is 6.96. The monoisotopic (exact) mass is 512 g/mol. The summed E-state index contributed by atoms with van der Waals surface area (Å²) in [4.78, 5) is 22.4. The zero-order chi connectivity index (χ0) is 25.1. The Bertz CT molecular complexity index is 1310. The number of aromatic nitrogens is 4. The van der Waals surface area contributed by atoms with Crippen LogP contribution < -0.4 is 20.3 Å². The summed E-state index contributed by atoms with van der Waals surface area (Å²) in [5.74, 6) is 1.57. The van der Waals surface area contributed by atoms with Crippen molar-refractivity contribution in [2.24, 2.45) is 0 Å². The molecule has 190 valence electrons. The number of aliphatic hydroxyl groups is 1. The molecule has 13 heteroatoms. The van der Waals surface area contributed by atoms with Crippen LogP contribution in [0.5, 0.6) is 0 Å². The molecule has 0 spiro atoms. The van der Waals surface area contributed by atoms with E-state index in [9.17, 15) is 8.42 Å². The second kappa shape index (κ2) is 10.3. The number of ether oxygens (including phenoxy) is 1. The van der Waals surface area contributed by atoms with Crippen LogP contribution in [0.25, 0.3) is 11.3 Å². The lowest BCUT2D eigenvalue weighted by atomic mass is 10.1. The van der Waals surface area contributed by atoms with Crippen LogP contribution in [-0.2, 0) is 21.2 Å². The number of nitrogens with two attached hydrogens (primary N) is 1. The van der Waals surface area contributed by atoms with E-state index in [0.29, 0.717) is 51.6 Å². The van der Waals surface area contributed by atoms with Gasteiger partial charge in [-0.15, -0.1) is 0 Å². The van der Waals surface area contributed by atoms with Gasteiger partial charge in [0.25, 0.3) is 0 Å². The van der Waals surface area contributed by atoms with Gasteiger partial charge in [0.15, 0.2) is 0 Å². The lowest BCUT2D eigenvalue weighted by molar-refractivity contribution is 0.122. The number of rotatable bonds is 8. The van der Waals surface area contributed by atoms with E-state index in [1.165, 1.54) is 0 Å². The number of nitrogens with zero attached hydrogens (tertiary/aromatic N) is 6. The quantitative estimate of drug-likeness (QED) is 0.365. The van der Waals surface area contributed by atoms with Gasteiger partial charge in [-0.3, -0.25) is 0 Å². The molecule has 0 amide bonds. The number of morpholine rings is 1. The number of sulfonamides is 1. The number of hydrogen-bond donors (Lipinski definition) is 3. The van der Waals surface area contributed by atoms with Crippen molar-refractivity contribution >= 4 is 33.4 Å². The molecular weight excluding hydrogens is 484 g/mol. The average molecular weight is 513 g/mol. The molecule has 0 saturated carbocycles. The van der Waals surface area contributed by atoms with Crippen LogP contribution in [0.3, 0.4) is 0 Å². The normalized spacial score (nSPS) is 15.8. The van der Waals surface area contributed by atoms with Crippen molar-refractivity contribution in [2.45, 2.75) is 17.7 Å². The van der Waals surface area contributed by atoms with E-state index < -0.39 is 10.0 Å². The number of hydrogen-bond acceptors (Lipinski definition) is 11. The van der Waals surface area contributed by atoms with Crippen LogP contribution in [0.4, 0.5) is 23.4 Å². The maximum absolute atomic E-state index is 12.5. The zero-order valence-corrected chi connectivity index (χ0v) is 20.5. The third kappa shape index (κ3) is 4.95. The lowest BCUT2D eigenvalue weighted by Gasteiger charge is -2.28. The van der Waals surface area contributed by atoms with Crippen molar-refractivity contribution in [3.05, 3.63) is 42.2 Å². The van der Waals surface area contributed by atoms with Gasteiger partial charge >= 0.3 is 0 Å². The predicted octanol–water partition coefficient (Wildman–Crippen LogP) is 0.707. The summed E-state index contributed by atoms with van der Waals surface area (Å²) in [5, 5.41) is 8.91. The number of nitrogens with one attached hydrogen (secondary N) is 1. The minimum Gasteiger partial charge on any atom is -0.396 e. The van der Waals surface area contributed by atoms with Gasteiger partial charge in [0.1, 0.15) is 5.82 Å². The Morgan fingerprint density at radius 1 is 1.06 bits per heavy atom. The minimum absolute atomic E-state index is 0.0748. The topological polar surface area (TPSA) is 160 Å². The van der Waals surface area contributed by atoms with E-state index in [4.69, 9.17) is 25.5 Å². The van der Waals surface area contributed by atoms with E-state index in [0.717, 1.165) is 28.3 Å². The van der Waals surface area contributed by atoms with Crippen molar-refractivity contribution in [1.29, 1.82) is 0 Å². The maximum atomic E-state index is 12.5. The highest BCUT2D eigenvalue weighted by atomic mass is 32.2. The van der Waals surface area contributed by atoms with Gasteiger partial charge in [0.05, 0.1) is 23.8 Å². The highest BCUT2D eigenvalue weighted by molar-refractivity contribution is 7.89. The van der Waals surface area contributed by atoms with E-state index in [2.05, 4.69) is 24.5 Å². The predicted molar refractivity (Wildman–Crippen MR) is 135 cm³/mol. The molecule has 3 aromatic rings. The number of anilines is 4. The first-order chi connectivity index (χ1) is 17.5. The lowest BCUT2D eigenvalue weighted by Crippen LogP contribution is -2.37. The zero-order valence-electron chi connectivity index (χ0n) is 19.7. The van der Waals surface area contributed by atoms with Crippen LogP contribution in [0.15, 0.2) is 41.6 Å². The Morgan fingerprint density at radius 3 is 2.47 bits per heavy atom. The molecule has 2 aliphatic rings. The molecule has 12 nitrogen and oxygen atoms in total. The van der Waals surface area contributed by atoms with Crippen LogP contribution in [0.2, 0.25) is 0 Å². The number of fused-ring (bicyclic) bond motifs is 1. The minimum atomic E-state index is -3.65. The third-order valence-corrected chi connectivity index (χ3v) is 7.62. The Balaban J connectivity index is 1.50. The Labute approximate surface area is 209 Å². The molecule has 36 heavy (non-hydrogen) atoms. The number of nitrogen functional groups attached to an aromatic ring is 1. The standard InChI is InChI=1S/C23H28N8O4S/c24-22-25-14-16(15-26-22)20-19-6-8-31(21(19)29-23(28-20)30-9-12-35-13-10-30)17-2-4-18(5-3-17)36(33,34)27-7-1-11-32/h2-5,14-15,27,32H,1,6-13H2,(H2,24,25,26). The molecule has 2 aliphatic heterocycles. The summed E-state index contributed by atoms with van der Waals surface area (Å²) in [6.45, 7) is 3.35. The molecule has 1 saturated heterocycles. The van der Waals surface area contributed by atoms with Gasteiger partial charge in [-0.2, -0.15) is 4.98 Å². The van der Waals surface area contributed by atoms with Crippen molar-refractivity contribution in [3.8, 4) is 11.3 Å². The largest absolute Gasteiger partial charge is 0.396 e. The summed E-state index contributed by atoms with van der Waals surface area (Å²) in [6.07, 6.45) is 4.40. The molecule has 1 fully saturated rings. The van der Waals surface area contributed by atoms with Crippen LogP contribution in [-0.4, -0.2) is 79.5 Å². The van der Waals surface area contributed by atoms with Crippen LogP contribution in [0, 0.1) is 0 Å². The van der Waals surface area contributed by atoms with Gasteiger partial charge in [0.2, 0.25) is 21.9 Å². The first kappa shape index (κ1) is 24.3. The summed E-state index contributed by atoms with van der Waals surface area (Å²) >= 11 is 0. The van der Waals surface area contributed by atoms with E-state index in [1.807, 2.05) is 0 Å². The summed E-state index contributed by atoms with van der Waals surface area (Å²) in [6, 6.07) is 6.71.